The van der Waals surface area contributed by atoms with Gasteiger partial charge in [-0.25, -0.2) is 4.98 Å². The van der Waals surface area contributed by atoms with Crippen molar-refractivity contribution in [2.75, 3.05) is 7.05 Å². The minimum atomic E-state index is 0.386. The van der Waals surface area contributed by atoms with E-state index in [2.05, 4.69) is 50.0 Å². The number of hydrogen-bond acceptors (Lipinski definition) is 4. The van der Waals surface area contributed by atoms with Crippen LogP contribution in [0.3, 0.4) is 0 Å². The van der Waals surface area contributed by atoms with Crippen LogP contribution >= 0.6 is 0 Å². The van der Waals surface area contributed by atoms with Crippen molar-refractivity contribution < 1.29 is 4.74 Å². The Bertz CT molecular complexity index is 703. The normalized spacial score (nSPS) is 15.7. The lowest BCUT2D eigenvalue weighted by Crippen LogP contribution is -2.36. The number of ether oxygens (including phenoxy) is 1. The van der Waals surface area contributed by atoms with Crippen LogP contribution in [-0.4, -0.2) is 33.9 Å². The van der Waals surface area contributed by atoms with Crippen LogP contribution in [0.15, 0.2) is 35.6 Å². The number of aromatic nitrogens is 3. The molecule has 1 aliphatic carbocycles. The Morgan fingerprint density at radius 2 is 1.88 bits per heavy atom. The zero-order valence-corrected chi connectivity index (χ0v) is 15.6. The van der Waals surface area contributed by atoms with Crippen LogP contribution in [0.25, 0.3) is 0 Å². The van der Waals surface area contributed by atoms with Crippen molar-refractivity contribution in [2.45, 2.75) is 51.3 Å². The number of benzene rings is 1. The van der Waals surface area contributed by atoms with Crippen LogP contribution in [0.5, 0.6) is 5.75 Å². The molecule has 0 aliphatic heterocycles. The van der Waals surface area contributed by atoms with Crippen LogP contribution in [0.2, 0.25) is 0 Å². The maximum absolute atomic E-state index is 6.08. The lowest BCUT2D eigenvalue weighted by Gasteiger charge is -2.23. The van der Waals surface area contributed by atoms with Gasteiger partial charge in [-0.15, -0.1) is 0 Å². The van der Waals surface area contributed by atoms with Gasteiger partial charge in [-0.3, -0.25) is 9.67 Å². The first-order valence-corrected chi connectivity index (χ1v) is 9.27. The van der Waals surface area contributed by atoms with Gasteiger partial charge in [0.15, 0.2) is 5.96 Å². The Labute approximate surface area is 154 Å². The smallest absolute Gasteiger partial charge is 0.191 e. The molecule has 0 atom stereocenters. The molecule has 140 valence electrons. The van der Waals surface area contributed by atoms with Crippen molar-refractivity contribution in [1.82, 2.24) is 25.4 Å². The monoisotopic (exact) mass is 356 g/mol. The van der Waals surface area contributed by atoms with Crippen LogP contribution in [-0.2, 0) is 20.1 Å². The molecular formula is C19H28N6O. The van der Waals surface area contributed by atoms with Gasteiger partial charge in [0.2, 0.25) is 0 Å². The standard InChI is InChI=1S/C19H28N6O/c1-20-19(22-13-18-23-14-24-25(18)2)21-12-15-8-10-17(11-9-15)26-16-6-4-3-5-7-16/h8-11,14,16H,3-7,12-13H2,1-2H3,(H2,20,21,22). The molecule has 7 nitrogen and oxygen atoms in total. The number of aliphatic imine (C=N–C) groups is 1. The quantitative estimate of drug-likeness (QED) is 0.614. The summed E-state index contributed by atoms with van der Waals surface area (Å²) in [5.41, 5.74) is 1.18. The highest BCUT2D eigenvalue weighted by atomic mass is 16.5. The lowest BCUT2D eigenvalue weighted by molar-refractivity contribution is 0.155. The molecule has 7 heteroatoms. The van der Waals surface area contributed by atoms with Gasteiger partial charge in [-0.2, -0.15) is 5.10 Å². The van der Waals surface area contributed by atoms with Gasteiger partial charge in [-0.05, 0) is 43.4 Å². The molecule has 0 bridgehead atoms. The molecule has 1 saturated carbocycles. The van der Waals surface area contributed by atoms with E-state index in [1.54, 1.807) is 18.1 Å². The van der Waals surface area contributed by atoms with Gasteiger partial charge in [-0.1, -0.05) is 18.6 Å². The molecule has 0 saturated heterocycles. The summed E-state index contributed by atoms with van der Waals surface area (Å²) in [5.74, 6) is 2.55. The molecule has 3 rings (SSSR count). The van der Waals surface area contributed by atoms with Crippen LogP contribution in [0, 0.1) is 0 Å². The average Bonchev–Trinajstić information content (AvgIpc) is 3.09. The topological polar surface area (TPSA) is 76.4 Å². The molecule has 1 aromatic carbocycles. The van der Waals surface area contributed by atoms with Crippen LogP contribution < -0.4 is 15.4 Å². The summed E-state index contributed by atoms with van der Waals surface area (Å²) in [6, 6.07) is 8.31. The molecule has 1 heterocycles. The first kappa shape index (κ1) is 18.2. The van der Waals surface area contributed by atoms with E-state index in [0.717, 1.165) is 17.5 Å². The van der Waals surface area contributed by atoms with Gasteiger partial charge >= 0.3 is 0 Å². The summed E-state index contributed by atoms with van der Waals surface area (Å²) in [4.78, 5) is 8.43. The predicted octanol–water partition coefficient (Wildman–Crippen LogP) is 2.39. The van der Waals surface area contributed by atoms with E-state index in [1.165, 1.54) is 37.7 Å². The molecule has 1 aromatic heterocycles. The van der Waals surface area contributed by atoms with E-state index in [1.807, 2.05) is 7.05 Å². The predicted molar refractivity (Wildman–Crippen MR) is 102 cm³/mol. The fraction of sp³-hybridized carbons (Fsp3) is 0.526. The van der Waals surface area contributed by atoms with E-state index < -0.39 is 0 Å². The van der Waals surface area contributed by atoms with Gasteiger partial charge in [0.25, 0.3) is 0 Å². The van der Waals surface area contributed by atoms with E-state index in [9.17, 15) is 0 Å². The summed E-state index contributed by atoms with van der Waals surface area (Å²) in [6.07, 6.45) is 8.20. The number of nitrogens with zero attached hydrogens (tertiary/aromatic N) is 4. The molecule has 1 fully saturated rings. The number of aryl methyl sites for hydroxylation is 1. The highest BCUT2D eigenvalue weighted by Gasteiger charge is 2.14. The Morgan fingerprint density at radius 3 is 2.54 bits per heavy atom. The molecule has 2 N–H and O–H groups in total. The Kier molecular flexibility index (Phi) is 6.46. The summed E-state index contributed by atoms with van der Waals surface area (Å²) < 4.78 is 7.82. The number of rotatable bonds is 6. The summed E-state index contributed by atoms with van der Waals surface area (Å²) in [7, 11) is 3.63. The average molecular weight is 356 g/mol. The third-order valence-corrected chi connectivity index (χ3v) is 4.68. The number of guanidine groups is 1. The van der Waals surface area contributed by atoms with E-state index in [-0.39, 0.29) is 0 Å². The molecule has 2 aromatic rings. The molecule has 0 amide bonds. The Morgan fingerprint density at radius 1 is 1.15 bits per heavy atom. The van der Waals surface area contributed by atoms with Crippen molar-refractivity contribution >= 4 is 5.96 Å². The zero-order chi connectivity index (χ0) is 18.2. The van der Waals surface area contributed by atoms with Gasteiger partial charge in [0, 0.05) is 20.6 Å². The second-order valence-electron chi connectivity index (χ2n) is 6.60. The summed E-state index contributed by atoms with van der Waals surface area (Å²) >= 11 is 0. The third-order valence-electron chi connectivity index (χ3n) is 4.68. The SMILES string of the molecule is CN=C(NCc1ccc(OC2CCCCC2)cc1)NCc1ncnn1C. The van der Waals surface area contributed by atoms with Gasteiger partial charge < -0.3 is 15.4 Å². The highest BCUT2D eigenvalue weighted by molar-refractivity contribution is 5.79. The molecule has 0 radical (unpaired) electrons. The van der Waals surface area contributed by atoms with Crippen molar-refractivity contribution in [2.24, 2.45) is 12.0 Å². The Hall–Kier alpha value is -2.57. The maximum atomic E-state index is 6.08. The van der Waals surface area contributed by atoms with Gasteiger partial charge in [0.1, 0.15) is 17.9 Å². The summed E-state index contributed by atoms with van der Waals surface area (Å²) in [5, 5.41) is 10.6. The van der Waals surface area contributed by atoms with Crippen molar-refractivity contribution in [3.05, 3.63) is 42.0 Å². The van der Waals surface area contributed by atoms with Crippen LogP contribution in [0.1, 0.15) is 43.5 Å². The number of nitrogens with one attached hydrogen (secondary N) is 2. The lowest BCUT2D eigenvalue weighted by atomic mass is 9.98. The minimum absolute atomic E-state index is 0.386. The van der Waals surface area contributed by atoms with Crippen LogP contribution in [0.4, 0.5) is 0 Å². The van der Waals surface area contributed by atoms with Gasteiger partial charge in [0.05, 0.1) is 12.6 Å². The second-order valence-corrected chi connectivity index (χ2v) is 6.60. The molecule has 26 heavy (non-hydrogen) atoms. The first-order valence-electron chi connectivity index (χ1n) is 9.27. The number of hydrogen-bond donors (Lipinski definition) is 2. The Balaban J connectivity index is 1.45. The van der Waals surface area contributed by atoms with Crippen molar-refractivity contribution in [3.63, 3.8) is 0 Å². The maximum Gasteiger partial charge on any atom is 0.191 e. The molecule has 0 spiro atoms. The van der Waals surface area contributed by atoms with E-state index >= 15 is 0 Å². The van der Waals surface area contributed by atoms with E-state index in [4.69, 9.17) is 4.74 Å². The zero-order valence-electron chi connectivity index (χ0n) is 15.6. The highest BCUT2D eigenvalue weighted by Crippen LogP contribution is 2.23. The molecule has 0 unspecified atom stereocenters. The molecule has 1 aliphatic rings. The fourth-order valence-electron chi connectivity index (χ4n) is 3.11. The second kappa shape index (κ2) is 9.22. The third kappa shape index (κ3) is 5.21. The minimum Gasteiger partial charge on any atom is -0.490 e. The van der Waals surface area contributed by atoms with E-state index in [0.29, 0.717) is 19.2 Å². The largest absolute Gasteiger partial charge is 0.490 e. The van der Waals surface area contributed by atoms with Crippen molar-refractivity contribution in [1.29, 1.82) is 0 Å². The van der Waals surface area contributed by atoms with Crippen molar-refractivity contribution in [3.8, 4) is 5.75 Å². The fourth-order valence-corrected chi connectivity index (χ4v) is 3.11. The molecular weight excluding hydrogens is 328 g/mol. The summed E-state index contributed by atoms with van der Waals surface area (Å²) in [6.45, 7) is 1.27. The first-order chi connectivity index (χ1) is 12.7.